The molecule has 9 heteroatoms. The molecule has 1 aromatic heterocycles. The van der Waals surface area contributed by atoms with Crippen LogP contribution in [0.1, 0.15) is 47.1 Å². The molecule has 2 atom stereocenters. The number of sulfonamides is 1. The van der Waals surface area contributed by atoms with Crippen LogP contribution in [0.25, 0.3) is 10.8 Å². The second-order valence-corrected chi connectivity index (χ2v) is 13.0. The molecule has 2 fully saturated rings. The van der Waals surface area contributed by atoms with Crippen LogP contribution in [0.2, 0.25) is 0 Å². The largest absolute Gasteiger partial charge is 0.326 e. The molecule has 38 heavy (non-hydrogen) atoms. The molecule has 1 saturated heterocycles. The Morgan fingerprint density at radius 2 is 1.84 bits per heavy atom. The minimum atomic E-state index is -3.74. The van der Waals surface area contributed by atoms with Gasteiger partial charge in [0.2, 0.25) is 5.91 Å². The van der Waals surface area contributed by atoms with E-state index in [1.54, 1.807) is 18.3 Å². The number of carbonyl (C=O) groups is 1. The third-order valence-corrected chi connectivity index (χ3v) is 10.2. The maximum Gasteiger partial charge on any atom is 0.263 e. The van der Waals surface area contributed by atoms with Gasteiger partial charge in [-0.15, -0.1) is 11.3 Å². The fourth-order valence-electron chi connectivity index (χ4n) is 5.29. The molecule has 6 rings (SSSR count). The van der Waals surface area contributed by atoms with Gasteiger partial charge in [-0.2, -0.15) is 0 Å². The number of nitrogens with one attached hydrogen (secondary N) is 3. The normalized spacial score (nSPS) is 19.8. The average molecular weight is 547 g/mol. The van der Waals surface area contributed by atoms with Gasteiger partial charge in [0.15, 0.2) is 5.13 Å². The molecule has 0 spiro atoms. The molecule has 0 radical (unpaired) electrons. The summed E-state index contributed by atoms with van der Waals surface area (Å²) in [5.41, 5.74) is 2.94. The van der Waals surface area contributed by atoms with Crippen molar-refractivity contribution >= 4 is 48.9 Å². The van der Waals surface area contributed by atoms with Gasteiger partial charge in [0.1, 0.15) is 0 Å². The first-order valence-electron chi connectivity index (χ1n) is 13.0. The van der Waals surface area contributed by atoms with Crippen molar-refractivity contribution in [1.82, 2.24) is 10.3 Å². The molecular formula is C29H30N4O3S2. The van der Waals surface area contributed by atoms with E-state index in [1.165, 1.54) is 16.9 Å². The number of piperidine rings is 1. The molecule has 2 aliphatic rings. The zero-order valence-corrected chi connectivity index (χ0v) is 22.7. The highest BCUT2D eigenvalue weighted by molar-refractivity contribution is 7.93. The van der Waals surface area contributed by atoms with Gasteiger partial charge in [-0.05, 0) is 97.3 Å². The van der Waals surface area contributed by atoms with Crippen LogP contribution in [0.5, 0.6) is 0 Å². The molecular weight excluding hydrogens is 516 g/mol. The van der Waals surface area contributed by atoms with E-state index in [-0.39, 0.29) is 22.6 Å². The summed E-state index contributed by atoms with van der Waals surface area (Å²) in [7, 11) is -3.74. The third-order valence-electron chi connectivity index (χ3n) is 7.60. The first-order chi connectivity index (χ1) is 18.4. The number of benzene rings is 3. The van der Waals surface area contributed by atoms with Crippen LogP contribution >= 0.6 is 11.3 Å². The van der Waals surface area contributed by atoms with Gasteiger partial charge < -0.3 is 10.6 Å². The standard InChI is InChI=1S/C29H30N4O3S2/c1-18-3-2-4-19-5-8-22(15-24(18)19)32-28(34)26-16-25(26)20-6-9-23(10-7-20)38(35,36)33-29-31-17-27(37-29)21-11-13-30-14-12-21/h2-10,15,17,21,25-26,30H,11-14,16H2,1H3,(H,31,33)(H,32,34)/t25-,26+/m0/s1. The number of rotatable bonds is 7. The van der Waals surface area contributed by atoms with Gasteiger partial charge in [-0.3, -0.25) is 9.52 Å². The molecule has 2 heterocycles. The predicted molar refractivity (Wildman–Crippen MR) is 152 cm³/mol. The second-order valence-electron chi connectivity index (χ2n) is 10.2. The predicted octanol–water partition coefficient (Wildman–Crippen LogP) is 5.61. The van der Waals surface area contributed by atoms with Crippen LogP contribution in [0.4, 0.5) is 10.8 Å². The lowest BCUT2D eigenvalue weighted by molar-refractivity contribution is -0.117. The summed E-state index contributed by atoms with van der Waals surface area (Å²) >= 11 is 1.41. The highest BCUT2D eigenvalue weighted by Crippen LogP contribution is 2.48. The van der Waals surface area contributed by atoms with Crippen LogP contribution < -0.4 is 15.4 Å². The topological polar surface area (TPSA) is 100 Å². The molecule has 1 saturated carbocycles. The second kappa shape index (κ2) is 10.1. The first-order valence-corrected chi connectivity index (χ1v) is 15.3. The molecule has 1 amide bonds. The lowest BCUT2D eigenvalue weighted by atomic mass is 9.97. The summed E-state index contributed by atoms with van der Waals surface area (Å²) in [6.45, 7) is 4.01. The average Bonchev–Trinajstić information content (AvgIpc) is 3.61. The Kier molecular flexibility index (Phi) is 6.67. The van der Waals surface area contributed by atoms with E-state index >= 15 is 0 Å². The van der Waals surface area contributed by atoms with Crippen molar-refractivity contribution in [2.24, 2.45) is 5.92 Å². The summed E-state index contributed by atoms with van der Waals surface area (Å²) in [6.07, 6.45) is 4.62. The Labute approximate surface area is 226 Å². The van der Waals surface area contributed by atoms with Crippen molar-refractivity contribution in [3.63, 3.8) is 0 Å². The number of amides is 1. The molecule has 0 bridgehead atoms. The summed E-state index contributed by atoms with van der Waals surface area (Å²) in [5, 5.41) is 9.07. The Bertz CT molecular complexity index is 1590. The Hall–Kier alpha value is -3.27. The molecule has 196 valence electrons. The third kappa shape index (κ3) is 5.18. The van der Waals surface area contributed by atoms with E-state index in [0.29, 0.717) is 11.0 Å². The number of hydrogen-bond donors (Lipinski definition) is 3. The van der Waals surface area contributed by atoms with E-state index < -0.39 is 10.0 Å². The number of aromatic nitrogens is 1. The van der Waals surface area contributed by atoms with Crippen LogP contribution in [-0.2, 0) is 14.8 Å². The van der Waals surface area contributed by atoms with Crippen LogP contribution in [0.15, 0.2) is 71.8 Å². The van der Waals surface area contributed by atoms with Crippen LogP contribution in [0.3, 0.4) is 0 Å². The van der Waals surface area contributed by atoms with Crippen LogP contribution in [0, 0.1) is 12.8 Å². The number of carbonyl (C=O) groups excluding carboxylic acids is 1. The molecule has 3 N–H and O–H groups in total. The van der Waals surface area contributed by atoms with Crippen molar-refractivity contribution in [2.75, 3.05) is 23.1 Å². The Balaban J connectivity index is 1.08. The minimum absolute atomic E-state index is 0.00498. The van der Waals surface area contributed by atoms with E-state index in [4.69, 9.17) is 0 Å². The molecule has 1 aliphatic heterocycles. The fraction of sp³-hybridized carbons (Fsp3) is 0.310. The van der Waals surface area contributed by atoms with E-state index in [1.807, 2.05) is 36.4 Å². The maximum atomic E-state index is 13.0. The van der Waals surface area contributed by atoms with Gasteiger partial charge >= 0.3 is 0 Å². The summed E-state index contributed by atoms with van der Waals surface area (Å²) in [4.78, 5) is 18.5. The van der Waals surface area contributed by atoms with Crippen molar-refractivity contribution < 1.29 is 13.2 Å². The number of aryl methyl sites for hydroxylation is 1. The fourth-order valence-corrected chi connectivity index (χ4v) is 7.52. The van der Waals surface area contributed by atoms with Gasteiger partial charge in [-0.25, -0.2) is 13.4 Å². The van der Waals surface area contributed by atoms with Crippen molar-refractivity contribution in [3.8, 4) is 0 Å². The SMILES string of the molecule is Cc1cccc2ccc(NC(=O)[C@@H]3C[C@H]3c3ccc(S(=O)(=O)Nc4ncc(C5CCNCC5)s4)cc3)cc12. The van der Waals surface area contributed by atoms with E-state index in [0.717, 1.165) is 59.3 Å². The Morgan fingerprint density at radius 1 is 1.05 bits per heavy atom. The molecule has 3 aromatic carbocycles. The van der Waals surface area contributed by atoms with Crippen molar-refractivity contribution in [3.05, 3.63) is 82.9 Å². The molecule has 4 aromatic rings. The number of nitrogens with zero attached hydrogens (tertiary/aromatic N) is 1. The van der Waals surface area contributed by atoms with Crippen LogP contribution in [-0.4, -0.2) is 32.4 Å². The van der Waals surface area contributed by atoms with E-state index in [9.17, 15) is 13.2 Å². The Morgan fingerprint density at radius 3 is 2.63 bits per heavy atom. The smallest absolute Gasteiger partial charge is 0.263 e. The molecule has 0 unspecified atom stereocenters. The van der Waals surface area contributed by atoms with Gasteiger partial charge in [0, 0.05) is 22.7 Å². The van der Waals surface area contributed by atoms with Crippen molar-refractivity contribution in [1.29, 1.82) is 0 Å². The van der Waals surface area contributed by atoms with Crippen molar-refractivity contribution in [2.45, 2.75) is 42.9 Å². The van der Waals surface area contributed by atoms with Gasteiger partial charge in [-0.1, -0.05) is 36.4 Å². The highest BCUT2D eigenvalue weighted by Gasteiger charge is 2.44. The zero-order valence-electron chi connectivity index (χ0n) is 21.1. The van der Waals surface area contributed by atoms with Gasteiger partial charge in [0.05, 0.1) is 4.90 Å². The molecule has 1 aliphatic carbocycles. The lowest BCUT2D eigenvalue weighted by Gasteiger charge is -2.20. The summed E-state index contributed by atoms with van der Waals surface area (Å²) in [6, 6.07) is 19.0. The maximum absolute atomic E-state index is 13.0. The lowest BCUT2D eigenvalue weighted by Crippen LogP contribution is -2.26. The number of hydrogen-bond acceptors (Lipinski definition) is 6. The zero-order chi connectivity index (χ0) is 26.3. The summed E-state index contributed by atoms with van der Waals surface area (Å²) in [5.74, 6) is 0.398. The highest BCUT2D eigenvalue weighted by atomic mass is 32.2. The first kappa shape index (κ1) is 25.0. The number of anilines is 2. The monoisotopic (exact) mass is 546 g/mol. The molecule has 7 nitrogen and oxygen atoms in total. The number of fused-ring (bicyclic) bond motifs is 1. The quantitative estimate of drug-likeness (QED) is 0.280. The van der Waals surface area contributed by atoms with Gasteiger partial charge in [0.25, 0.3) is 10.0 Å². The van der Waals surface area contributed by atoms with E-state index in [2.05, 4.69) is 39.4 Å². The number of thiazole rings is 1. The minimum Gasteiger partial charge on any atom is -0.326 e. The summed E-state index contributed by atoms with van der Waals surface area (Å²) < 4.78 is 28.5.